The topological polar surface area (TPSA) is 15.3 Å². The molecule has 2 aromatic carbocycles. The van der Waals surface area contributed by atoms with E-state index in [9.17, 15) is 0 Å². The Balaban J connectivity index is 1.99. The predicted molar refractivity (Wildman–Crippen MR) is 98.3 cm³/mol. The van der Waals surface area contributed by atoms with Gasteiger partial charge in [-0.25, -0.2) is 0 Å². The van der Waals surface area contributed by atoms with Crippen molar-refractivity contribution >= 4 is 11.6 Å². The molecule has 2 nitrogen and oxygen atoms in total. The summed E-state index contributed by atoms with van der Waals surface area (Å²) in [6.45, 7) is 8.62. The minimum atomic E-state index is 0.229. The third kappa shape index (κ3) is 3.77. The van der Waals surface area contributed by atoms with E-state index in [1.165, 1.54) is 16.7 Å². The summed E-state index contributed by atoms with van der Waals surface area (Å²) in [5.74, 6) is 0.557. The summed E-state index contributed by atoms with van der Waals surface area (Å²) in [6.07, 6.45) is 0. The van der Waals surface area contributed by atoms with Crippen LogP contribution in [0.1, 0.15) is 42.5 Å². The van der Waals surface area contributed by atoms with E-state index in [-0.39, 0.29) is 6.04 Å². The molecular weight excluding hydrogens is 304 g/mol. The molecule has 1 fully saturated rings. The van der Waals surface area contributed by atoms with Crippen LogP contribution in [0.5, 0.6) is 0 Å². The Labute approximate surface area is 144 Å². The van der Waals surface area contributed by atoms with Crippen LogP contribution < -0.4 is 5.32 Å². The Morgan fingerprint density at radius 2 is 1.52 bits per heavy atom. The normalized spacial score (nSPS) is 17.4. The molecule has 1 heterocycles. The van der Waals surface area contributed by atoms with E-state index in [2.05, 4.69) is 60.5 Å². The third-order valence-electron chi connectivity index (χ3n) is 4.64. The molecule has 3 rings (SSSR count). The quantitative estimate of drug-likeness (QED) is 0.891. The molecule has 122 valence electrons. The second-order valence-electron chi connectivity index (χ2n) is 6.53. The number of nitrogens with zero attached hydrogens (tertiary/aromatic N) is 1. The molecular formula is C20H25ClN2. The molecule has 1 saturated heterocycles. The molecule has 0 saturated carbocycles. The van der Waals surface area contributed by atoms with Crippen LogP contribution in [-0.2, 0) is 0 Å². The molecule has 2 aromatic rings. The Morgan fingerprint density at radius 1 is 0.913 bits per heavy atom. The van der Waals surface area contributed by atoms with E-state index >= 15 is 0 Å². The number of rotatable bonds is 4. The number of hydrogen-bond donors (Lipinski definition) is 1. The van der Waals surface area contributed by atoms with Crippen LogP contribution in [0.15, 0.2) is 48.5 Å². The van der Waals surface area contributed by atoms with Crippen molar-refractivity contribution in [2.45, 2.75) is 25.8 Å². The van der Waals surface area contributed by atoms with Crippen molar-refractivity contribution in [3.8, 4) is 0 Å². The average molecular weight is 329 g/mol. The average Bonchev–Trinajstić information content (AvgIpc) is 2.58. The SMILES string of the molecule is CC(C)c1ccc(C(c2ccccc2Cl)N2CCNCC2)cc1. The largest absolute Gasteiger partial charge is 0.314 e. The molecule has 0 aromatic heterocycles. The fourth-order valence-corrected chi connectivity index (χ4v) is 3.53. The van der Waals surface area contributed by atoms with E-state index in [1.54, 1.807) is 0 Å². The summed E-state index contributed by atoms with van der Waals surface area (Å²) >= 11 is 6.53. The first-order chi connectivity index (χ1) is 11.2. The summed E-state index contributed by atoms with van der Waals surface area (Å²) in [7, 11) is 0. The lowest BCUT2D eigenvalue weighted by Crippen LogP contribution is -2.45. The monoisotopic (exact) mass is 328 g/mol. The number of piperazine rings is 1. The Bertz CT molecular complexity index is 630. The van der Waals surface area contributed by atoms with E-state index in [0.29, 0.717) is 5.92 Å². The number of nitrogens with one attached hydrogen (secondary N) is 1. The van der Waals surface area contributed by atoms with Crippen LogP contribution in [0, 0.1) is 0 Å². The van der Waals surface area contributed by atoms with Crippen molar-refractivity contribution in [3.63, 3.8) is 0 Å². The highest BCUT2D eigenvalue weighted by Gasteiger charge is 2.25. The van der Waals surface area contributed by atoms with E-state index in [1.807, 2.05) is 12.1 Å². The first-order valence-corrected chi connectivity index (χ1v) is 8.83. The number of halogens is 1. The highest BCUT2D eigenvalue weighted by molar-refractivity contribution is 6.31. The number of benzene rings is 2. The zero-order chi connectivity index (χ0) is 16.2. The summed E-state index contributed by atoms with van der Waals surface area (Å²) in [5, 5.41) is 4.29. The molecule has 0 spiro atoms. The van der Waals surface area contributed by atoms with Gasteiger partial charge in [0.25, 0.3) is 0 Å². The molecule has 1 N–H and O–H groups in total. The van der Waals surface area contributed by atoms with Gasteiger partial charge in [0.05, 0.1) is 6.04 Å². The van der Waals surface area contributed by atoms with Crippen molar-refractivity contribution in [2.75, 3.05) is 26.2 Å². The Morgan fingerprint density at radius 3 is 2.13 bits per heavy atom. The zero-order valence-corrected chi connectivity index (χ0v) is 14.7. The van der Waals surface area contributed by atoms with Gasteiger partial charge in [0.15, 0.2) is 0 Å². The highest BCUT2D eigenvalue weighted by atomic mass is 35.5. The van der Waals surface area contributed by atoms with Gasteiger partial charge >= 0.3 is 0 Å². The summed E-state index contributed by atoms with van der Waals surface area (Å²) in [4.78, 5) is 2.53. The maximum Gasteiger partial charge on any atom is 0.0617 e. The van der Waals surface area contributed by atoms with Gasteiger partial charge in [-0.15, -0.1) is 0 Å². The van der Waals surface area contributed by atoms with Crippen LogP contribution in [0.4, 0.5) is 0 Å². The maximum absolute atomic E-state index is 6.53. The van der Waals surface area contributed by atoms with Crippen molar-refractivity contribution in [1.82, 2.24) is 10.2 Å². The van der Waals surface area contributed by atoms with Gasteiger partial charge in [0, 0.05) is 31.2 Å². The minimum Gasteiger partial charge on any atom is -0.314 e. The van der Waals surface area contributed by atoms with Crippen LogP contribution in [0.3, 0.4) is 0 Å². The highest BCUT2D eigenvalue weighted by Crippen LogP contribution is 2.34. The third-order valence-corrected chi connectivity index (χ3v) is 4.98. The Hall–Kier alpha value is -1.35. The van der Waals surface area contributed by atoms with Crippen LogP contribution in [-0.4, -0.2) is 31.1 Å². The van der Waals surface area contributed by atoms with Gasteiger partial charge in [-0.2, -0.15) is 0 Å². The second-order valence-corrected chi connectivity index (χ2v) is 6.94. The smallest absolute Gasteiger partial charge is 0.0617 e. The summed E-state index contributed by atoms with van der Waals surface area (Å²) in [6, 6.07) is 17.5. The van der Waals surface area contributed by atoms with Crippen molar-refractivity contribution in [2.24, 2.45) is 0 Å². The molecule has 1 unspecified atom stereocenters. The summed E-state index contributed by atoms with van der Waals surface area (Å²) < 4.78 is 0. The van der Waals surface area contributed by atoms with E-state index in [0.717, 1.165) is 31.2 Å². The first kappa shape index (κ1) is 16.5. The van der Waals surface area contributed by atoms with Crippen molar-refractivity contribution < 1.29 is 0 Å². The second kappa shape index (κ2) is 7.48. The van der Waals surface area contributed by atoms with Gasteiger partial charge in [-0.1, -0.05) is 67.9 Å². The number of hydrogen-bond acceptors (Lipinski definition) is 2. The first-order valence-electron chi connectivity index (χ1n) is 8.46. The molecule has 0 radical (unpaired) electrons. The Kier molecular flexibility index (Phi) is 5.37. The van der Waals surface area contributed by atoms with Crippen molar-refractivity contribution in [1.29, 1.82) is 0 Å². The molecule has 1 aliphatic rings. The van der Waals surface area contributed by atoms with Crippen LogP contribution in [0.25, 0.3) is 0 Å². The lowest BCUT2D eigenvalue weighted by Gasteiger charge is -2.36. The van der Waals surface area contributed by atoms with Gasteiger partial charge in [-0.05, 0) is 28.7 Å². The lowest BCUT2D eigenvalue weighted by molar-refractivity contribution is 0.198. The predicted octanol–water partition coefficient (Wildman–Crippen LogP) is 4.46. The molecule has 3 heteroatoms. The maximum atomic E-state index is 6.53. The zero-order valence-electron chi connectivity index (χ0n) is 13.9. The van der Waals surface area contributed by atoms with E-state index in [4.69, 9.17) is 11.6 Å². The standard InChI is InChI=1S/C20H25ClN2/c1-15(2)16-7-9-17(10-8-16)20(23-13-11-22-12-14-23)18-5-3-4-6-19(18)21/h3-10,15,20,22H,11-14H2,1-2H3. The van der Waals surface area contributed by atoms with Gasteiger partial charge < -0.3 is 5.32 Å². The molecule has 23 heavy (non-hydrogen) atoms. The van der Waals surface area contributed by atoms with Gasteiger partial charge in [0.2, 0.25) is 0 Å². The molecule has 0 aliphatic carbocycles. The fraction of sp³-hybridized carbons (Fsp3) is 0.400. The van der Waals surface area contributed by atoms with Crippen molar-refractivity contribution in [3.05, 3.63) is 70.2 Å². The lowest BCUT2D eigenvalue weighted by atomic mass is 9.93. The molecule has 0 bridgehead atoms. The van der Waals surface area contributed by atoms with Gasteiger partial charge in [0.1, 0.15) is 0 Å². The van der Waals surface area contributed by atoms with Crippen LogP contribution >= 0.6 is 11.6 Å². The molecule has 1 aliphatic heterocycles. The van der Waals surface area contributed by atoms with E-state index < -0.39 is 0 Å². The van der Waals surface area contributed by atoms with Gasteiger partial charge in [-0.3, -0.25) is 4.90 Å². The molecule has 0 amide bonds. The molecule has 1 atom stereocenters. The minimum absolute atomic E-state index is 0.229. The van der Waals surface area contributed by atoms with Crippen LogP contribution in [0.2, 0.25) is 5.02 Å². The fourth-order valence-electron chi connectivity index (χ4n) is 3.29. The summed E-state index contributed by atoms with van der Waals surface area (Å²) in [5.41, 5.74) is 3.91.